The first-order chi connectivity index (χ1) is 8.94. The molecule has 0 saturated heterocycles. The van der Waals surface area contributed by atoms with Crippen molar-refractivity contribution in [2.75, 3.05) is 16.3 Å². The number of pyridine rings is 1. The van der Waals surface area contributed by atoms with Crippen molar-refractivity contribution in [2.45, 2.75) is 0 Å². The highest BCUT2D eigenvalue weighted by Gasteiger charge is 2.09. The van der Waals surface area contributed by atoms with Gasteiger partial charge in [-0.15, -0.1) is 0 Å². The van der Waals surface area contributed by atoms with Gasteiger partial charge in [0.05, 0.1) is 17.6 Å². The molecule has 100 valence electrons. The van der Waals surface area contributed by atoms with Crippen molar-refractivity contribution in [1.82, 2.24) is 4.98 Å². The van der Waals surface area contributed by atoms with Crippen molar-refractivity contribution in [3.8, 4) is 0 Å². The van der Waals surface area contributed by atoms with Crippen molar-refractivity contribution >= 4 is 27.2 Å². The van der Waals surface area contributed by atoms with Crippen molar-refractivity contribution in [2.24, 2.45) is 0 Å². The van der Waals surface area contributed by atoms with Crippen LogP contribution in [0.3, 0.4) is 0 Å². The van der Waals surface area contributed by atoms with Crippen LogP contribution in [-0.4, -0.2) is 19.7 Å². The maximum Gasteiger partial charge on any atom is 0.229 e. The van der Waals surface area contributed by atoms with Crippen molar-refractivity contribution in [3.05, 3.63) is 48.4 Å². The lowest BCUT2D eigenvalue weighted by atomic mass is 10.2. The average molecular weight is 281 g/mol. The third kappa shape index (κ3) is 3.92. The number of halogens is 1. The Kier molecular flexibility index (Phi) is 3.66. The molecule has 0 fully saturated rings. The van der Waals surface area contributed by atoms with Crippen LogP contribution >= 0.6 is 0 Å². The van der Waals surface area contributed by atoms with E-state index in [2.05, 4.69) is 15.0 Å². The topological polar surface area (TPSA) is 71.1 Å². The molecule has 7 heteroatoms. The van der Waals surface area contributed by atoms with E-state index in [9.17, 15) is 12.8 Å². The molecule has 1 heterocycles. The van der Waals surface area contributed by atoms with Crippen LogP contribution in [0.1, 0.15) is 0 Å². The summed E-state index contributed by atoms with van der Waals surface area (Å²) in [5.41, 5.74) is 0.554. The summed E-state index contributed by atoms with van der Waals surface area (Å²) in [6, 6.07) is 8.92. The van der Waals surface area contributed by atoms with Crippen molar-refractivity contribution in [3.63, 3.8) is 0 Å². The maximum atomic E-state index is 13.2. The second kappa shape index (κ2) is 5.23. The molecule has 0 bridgehead atoms. The van der Waals surface area contributed by atoms with E-state index in [1.807, 2.05) is 0 Å². The molecule has 0 unspecified atom stereocenters. The van der Waals surface area contributed by atoms with E-state index in [1.165, 1.54) is 18.2 Å². The minimum atomic E-state index is -3.44. The first-order valence-corrected chi connectivity index (χ1v) is 7.28. The van der Waals surface area contributed by atoms with E-state index in [-0.39, 0.29) is 5.69 Å². The number of aromatic nitrogens is 1. The lowest BCUT2D eigenvalue weighted by Gasteiger charge is -2.12. The summed E-state index contributed by atoms with van der Waals surface area (Å²) in [5, 5.41) is 2.86. The summed E-state index contributed by atoms with van der Waals surface area (Å²) < 4.78 is 38.0. The van der Waals surface area contributed by atoms with E-state index in [0.29, 0.717) is 11.5 Å². The van der Waals surface area contributed by atoms with Gasteiger partial charge in [-0.3, -0.25) is 4.72 Å². The monoisotopic (exact) mass is 281 g/mol. The van der Waals surface area contributed by atoms with Gasteiger partial charge in [0.1, 0.15) is 11.6 Å². The molecule has 19 heavy (non-hydrogen) atoms. The van der Waals surface area contributed by atoms with Gasteiger partial charge in [-0.05, 0) is 30.3 Å². The molecular formula is C12H12FN3O2S. The average Bonchev–Trinajstić information content (AvgIpc) is 2.32. The lowest BCUT2D eigenvalue weighted by molar-refractivity contribution is 0.606. The Morgan fingerprint density at radius 3 is 2.58 bits per heavy atom. The highest BCUT2D eigenvalue weighted by atomic mass is 32.2. The standard InChI is InChI=1S/C12H12FN3O2S/c1-19(17,18)16-10-6-5-9(13)8-11(10)15-12-4-2-3-7-14-12/h2-8,16H,1H3,(H,14,15). The number of benzene rings is 1. The molecule has 5 nitrogen and oxygen atoms in total. The molecule has 0 spiro atoms. The van der Waals surface area contributed by atoms with Crippen LogP contribution in [-0.2, 0) is 10.0 Å². The number of sulfonamides is 1. The van der Waals surface area contributed by atoms with E-state index in [0.717, 1.165) is 6.26 Å². The Morgan fingerprint density at radius 1 is 1.16 bits per heavy atom. The molecule has 1 aromatic heterocycles. The van der Waals surface area contributed by atoms with Gasteiger partial charge in [0, 0.05) is 6.20 Å². The fourth-order valence-electron chi connectivity index (χ4n) is 1.48. The van der Waals surface area contributed by atoms with Gasteiger partial charge in [0.25, 0.3) is 0 Å². The van der Waals surface area contributed by atoms with E-state index in [1.54, 1.807) is 24.4 Å². The SMILES string of the molecule is CS(=O)(=O)Nc1ccc(F)cc1Nc1ccccn1. The minimum absolute atomic E-state index is 0.259. The van der Waals surface area contributed by atoms with Crippen LogP contribution in [0.15, 0.2) is 42.6 Å². The zero-order chi connectivity index (χ0) is 13.9. The molecule has 2 aromatic rings. The summed E-state index contributed by atoms with van der Waals surface area (Å²) in [6.07, 6.45) is 2.60. The van der Waals surface area contributed by atoms with Crippen LogP contribution in [0.4, 0.5) is 21.6 Å². The van der Waals surface area contributed by atoms with E-state index >= 15 is 0 Å². The van der Waals surface area contributed by atoms with Gasteiger partial charge in [0.15, 0.2) is 0 Å². The zero-order valence-corrected chi connectivity index (χ0v) is 10.9. The van der Waals surface area contributed by atoms with Crippen molar-refractivity contribution in [1.29, 1.82) is 0 Å². The van der Waals surface area contributed by atoms with Crippen LogP contribution < -0.4 is 10.0 Å². The largest absolute Gasteiger partial charge is 0.338 e. The number of nitrogens with one attached hydrogen (secondary N) is 2. The number of rotatable bonds is 4. The first kappa shape index (κ1) is 13.3. The summed E-state index contributed by atoms with van der Waals surface area (Å²) >= 11 is 0. The molecule has 0 radical (unpaired) electrons. The molecule has 0 saturated carbocycles. The molecule has 0 aliphatic rings. The molecule has 0 atom stereocenters. The van der Waals surface area contributed by atoms with Gasteiger partial charge in [0.2, 0.25) is 10.0 Å². The minimum Gasteiger partial charge on any atom is -0.338 e. The Morgan fingerprint density at radius 2 is 1.95 bits per heavy atom. The molecular weight excluding hydrogens is 269 g/mol. The second-order valence-electron chi connectivity index (χ2n) is 3.90. The summed E-state index contributed by atoms with van der Waals surface area (Å²) in [6.45, 7) is 0. The fourth-order valence-corrected chi connectivity index (χ4v) is 2.06. The molecule has 2 rings (SSSR count). The summed E-state index contributed by atoms with van der Waals surface area (Å²) in [4.78, 5) is 4.03. The Labute approximate surface area is 110 Å². The quantitative estimate of drug-likeness (QED) is 0.902. The first-order valence-electron chi connectivity index (χ1n) is 5.39. The third-order valence-corrected chi connectivity index (χ3v) is 2.80. The normalized spacial score (nSPS) is 11.1. The van der Waals surface area contributed by atoms with Gasteiger partial charge in [-0.1, -0.05) is 6.07 Å². The van der Waals surface area contributed by atoms with Gasteiger partial charge >= 0.3 is 0 Å². The molecule has 0 aliphatic carbocycles. The Balaban J connectivity index is 2.35. The van der Waals surface area contributed by atoms with E-state index < -0.39 is 15.8 Å². The maximum absolute atomic E-state index is 13.2. The number of hydrogen-bond donors (Lipinski definition) is 2. The number of nitrogens with zero attached hydrogens (tertiary/aromatic N) is 1. The van der Waals surface area contributed by atoms with Gasteiger partial charge in [-0.25, -0.2) is 17.8 Å². The highest BCUT2D eigenvalue weighted by molar-refractivity contribution is 7.92. The van der Waals surface area contributed by atoms with Crippen molar-refractivity contribution < 1.29 is 12.8 Å². The summed E-state index contributed by atoms with van der Waals surface area (Å²) in [5.74, 6) is 0.0159. The van der Waals surface area contributed by atoms with E-state index in [4.69, 9.17) is 0 Å². The van der Waals surface area contributed by atoms with Gasteiger partial charge < -0.3 is 5.32 Å². The van der Waals surface area contributed by atoms with Gasteiger partial charge in [-0.2, -0.15) is 0 Å². The predicted octanol–water partition coefficient (Wildman–Crippen LogP) is 2.34. The zero-order valence-electron chi connectivity index (χ0n) is 10.1. The molecule has 2 N–H and O–H groups in total. The molecule has 1 aromatic carbocycles. The number of hydrogen-bond acceptors (Lipinski definition) is 4. The number of anilines is 3. The van der Waals surface area contributed by atoms with Crippen LogP contribution in [0.5, 0.6) is 0 Å². The predicted molar refractivity (Wildman–Crippen MR) is 72.4 cm³/mol. The smallest absolute Gasteiger partial charge is 0.229 e. The van der Waals surface area contributed by atoms with Crippen LogP contribution in [0.2, 0.25) is 0 Å². The highest BCUT2D eigenvalue weighted by Crippen LogP contribution is 2.26. The molecule has 0 aliphatic heterocycles. The van der Waals surface area contributed by atoms with Crippen LogP contribution in [0, 0.1) is 5.82 Å². The third-order valence-electron chi connectivity index (χ3n) is 2.20. The lowest BCUT2D eigenvalue weighted by Crippen LogP contribution is -2.11. The Bertz CT molecular complexity index is 675. The Hall–Kier alpha value is -2.15. The fraction of sp³-hybridized carbons (Fsp3) is 0.0833. The molecule has 0 amide bonds. The van der Waals surface area contributed by atoms with Crippen LogP contribution in [0.25, 0.3) is 0 Å². The second-order valence-corrected chi connectivity index (χ2v) is 5.65. The summed E-state index contributed by atoms with van der Waals surface area (Å²) in [7, 11) is -3.44.